The van der Waals surface area contributed by atoms with Crippen LogP contribution in [0.25, 0.3) is 11.3 Å². The molecule has 0 spiro atoms. The van der Waals surface area contributed by atoms with Crippen molar-refractivity contribution in [2.45, 2.75) is 6.54 Å². The summed E-state index contributed by atoms with van der Waals surface area (Å²) < 4.78 is 0. The Morgan fingerprint density at radius 3 is 2.71 bits per heavy atom. The highest BCUT2D eigenvalue weighted by Crippen LogP contribution is 2.24. The summed E-state index contributed by atoms with van der Waals surface area (Å²) >= 11 is 1.56. The van der Waals surface area contributed by atoms with E-state index in [0.29, 0.717) is 0 Å². The Balaban J connectivity index is 1.34. The molecule has 0 unspecified atom stereocenters. The minimum absolute atomic E-state index is 0.795. The van der Waals surface area contributed by atoms with Gasteiger partial charge in [-0.05, 0) is 24.2 Å². The molecule has 144 valence electrons. The lowest BCUT2D eigenvalue weighted by molar-refractivity contribution is 0.148. The summed E-state index contributed by atoms with van der Waals surface area (Å²) in [5, 5.41) is 7.21. The third-order valence-corrected chi connectivity index (χ3v) is 5.65. The van der Waals surface area contributed by atoms with Gasteiger partial charge >= 0.3 is 0 Å². The first-order valence-electron chi connectivity index (χ1n) is 9.56. The number of thiazole rings is 1. The quantitative estimate of drug-likeness (QED) is 0.509. The van der Waals surface area contributed by atoms with Gasteiger partial charge in [0.15, 0.2) is 0 Å². The molecular formula is C22H25N5S. The highest BCUT2D eigenvalue weighted by Gasteiger charge is 2.13. The number of aromatic nitrogens is 1. The molecule has 3 aromatic rings. The molecule has 0 aliphatic carbocycles. The zero-order valence-corrected chi connectivity index (χ0v) is 16.9. The molecule has 0 radical (unpaired) electrons. The van der Waals surface area contributed by atoms with Crippen LogP contribution in [-0.4, -0.2) is 54.2 Å². The van der Waals surface area contributed by atoms with Gasteiger partial charge in [-0.25, -0.2) is 4.98 Å². The van der Waals surface area contributed by atoms with Crippen molar-refractivity contribution in [1.82, 2.24) is 14.8 Å². The predicted molar refractivity (Wildman–Crippen MR) is 118 cm³/mol. The van der Waals surface area contributed by atoms with Crippen molar-refractivity contribution in [3.63, 3.8) is 0 Å². The monoisotopic (exact) mass is 391 g/mol. The van der Waals surface area contributed by atoms with Gasteiger partial charge in [0.1, 0.15) is 0 Å². The summed E-state index contributed by atoms with van der Waals surface area (Å²) in [6.07, 6.45) is 1.86. The van der Waals surface area contributed by atoms with E-state index in [2.05, 4.69) is 68.8 Å². The van der Waals surface area contributed by atoms with Gasteiger partial charge in [0.2, 0.25) is 5.13 Å². The van der Waals surface area contributed by atoms with Gasteiger partial charge in [-0.2, -0.15) is 5.10 Å². The summed E-state index contributed by atoms with van der Waals surface area (Å²) in [6, 6.07) is 18.8. The van der Waals surface area contributed by atoms with E-state index in [0.717, 1.165) is 54.7 Å². The maximum atomic E-state index is 4.60. The highest BCUT2D eigenvalue weighted by molar-refractivity contribution is 7.14. The van der Waals surface area contributed by atoms with Crippen LogP contribution in [-0.2, 0) is 6.54 Å². The molecule has 5 nitrogen and oxygen atoms in total. The van der Waals surface area contributed by atoms with E-state index in [1.54, 1.807) is 11.3 Å². The Morgan fingerprint density at radius 2 is 1.89 bits per heavy atom. The van der Waals surface area contributed by atoms with Gasteiger partial charge in [-0.3, -0.25) is 10.3 Å². The molecule has 1 aliphatic rings. The summed E-state index contributed by atoms with van der Waals surface area (Å²) in [5.74, 6) is 0. The summed E-state index contributed by atoms with van der Waals surface area (Å²) in [4.78, 5) is 9.49. The topological polar surface area (TPSA) is 43.8 Å². The van der Waals surface area contributed by atoms with Crippen molar-refractivity contribution >= 4 is 22.7 Å². The van der Waals surface area contributed by atoms with Gasteiger partial charge in [0, 0.05) is 43.7 Å². The third kappa shape index (κ3) is 5.04. The average molecular weight is 392 g/mol. The Morgan fingerprint density at radius 1 is 1.07 bits per heavy atom. The lowest BCUT2D eigenvalue weighted by Gasteiger charge is -2.32. The molecule has 6 heteroatoms. The van der Waals surface area contributed by atoms with E-state index >= 15 is 0 Å². The van der Waals surface area contributed by atoms with Gasteiger partial charge < -0.3 is 4.90 Å². The van der Waals surface area contributed by atoms with E-state index in [1.807, 2.05) is 29.8 Å². The van der Waals surface area contributed by atoms with Crippen molar-refractivity contribution in [2.24, 2.45) is 5.10 Å². The van der Waals surface area contributed by atoms with Gasteiger partial charge in [0.25, 0.3) is 0 Å². The molecule has 1 fully saturated rings. The lowest BCUT2D eigenvalue weighted by Crippen LogP contribution is -2.43. The Labute approximate surface area is 170 Å². The minimum Gasteiger partial charge on any atom is -0.304 e. The Hall–Kier alpha value is -2.54. The second-order valence-corrected chi connectivity index (χ2v) is 7.96. The van der Waals surface area contributed by atoms with Crippen molar-refractivity contribution < 1.29 is 0 Å². The van der Waals surface area contributed by atoms with E-state index in [1.165, 1.54) is 5.56 Å². The highest BCUT2D eigenvalue weighted by atomic mass is 32.1. The second kappa shape index (κ2) is 9.10. The molecule has 1 aromatic heterocycles. The van der Waals surface area contributed by atoms with Crippen LogP contribution in [0, 0.1) is 0 Å². The molecule has 28 heavy (non-hydrogen) atoms. The summed E-state index contributed by atoms with van der Waals surface area (Å²) in [6.45, 7) is 5.54. The number of rotatable bonds is 6. The van der Waals surface area contributed by atoms with Crippen LogP contribution < -0.4 is 5.43 Å². The fourth-order valence-electron chi connectivity index (χ4n) is 3.26. The molecule has 1 saturated heterocycles. The van der Waals surface area contributed by atoms with E-state index in [-0.39, 0.29) is 0 Å². The number of hydrogen-bond donors (Lipinski definition) is 1. The molecule has 4 rings (SSSR count). The van der Waals surface area contributed by atoms with Crippen LogP contribution >= 0.6 is 11.3 Å². The van der Waals surface area contributed by atoms with Crippen LogP contribution in [0.3, 0.4) is 0 Å². The van der Waals surface area contributed by atoms with E-state index in [4.69, 9.17) is 0 Å². The zero-order valence-electron chi connectivity index (χ0n) is 16.1. The number of nitrogens with zero attached hydrogens (tertiary/aromatic N) is 4. The van der Waals surface area contributed by atoms with Gasteiger partial charge in [0.05, 0.1) is 11.9 Å². The molecule has 0 bridgehead atoms. The first-order chi connectivity index (χ1) is 13.8. The van der Waals surface area contributed by atoms with Gasteiger partial charge in [-0.15, -0.1) is 11.3 Å². The summed E-state index contributed by atoms with van der Waals surface area (Å²) in [5.41, 5.74) is 7.56. The number of piperazine rings is 1. The molecule has 0 saturated carbocycles. The molecule has 2 heterocycles. The number of anilines is 1. The van der Waals surface area contributed by atoms with Crippen LogP contribution in [0.4, 0.5) is 5.13 Å². The van der Waals surface area contributed by atoms with Crippen LogP contribution in [0.15, 0.2) is 65.1 Å². The third-order valence-electron chi connectivity index (χ3n) is 4.90. The van der Waals surface area contributed by atoms with Crippen LogP contribution in [0.1, 0.15) is 11.1 Å². The average Bonchev–Trinajstić information content (AvgIpc) is 3.20. The van der Waals surface area contributed by atoms with Crippen molar-refractivity contribution in [3.8, 4) is 11.3 Å². The van der Waals surface area contributed by atoms with Crippen molar-refractivity contribution in [2.75, 3.05) is 38.7 Å². The Bertz CT molecular complexity index is 913. The van der Waals surface area contributed by atoms with Crippen molar-refractivity contribution in [1.29, 1.82) is 0 Å². The minimum atomic E-state index is 0.795. The van der Waals surface area contributed by atoms with Crippen molar-refractivity contribution in [3.05, 3.63) is 71.1 Å². The van der Waals surface area contributed by atoms with E-state index < -0.39 is 0 Å². The van der Waals surface area contributed by atoms with Crippen LogP contribution in [0.5, 0.6) is 0 Å². The lowest BCUT2D eigenvalue weighted by atomic mass is 10.1. The fraction of sp³-hybridized carbons (Fsp3) is 0.273. The van der Waals surface area contributed by atoms with E-state index in [9.17, 15) is 0 Å². The number of hydrazone groups is 1. The molecule has 2 aromatic carbocycles. The number of benzene rings is 2. The summed E-state index contributed by atoms with van der Waals surface area (Å²) in [7, 11) is 2.19. The first-order valence-corrected chi connectivity index (χ1v) is 10.4. The smallest absolute Gasteiger partial charge is 0.203 e. The molecular weight excluding hydrogens is 366 g/mol. The maximum absolute atomic E-state index is 4.60. The molecule has 1 aliphatic heterocycles. The second-order valence-electron chi connectivity index (χ2n) is 7.10. The molecule has 0 amide bonds. The fourth-order valence-corrected chi connectivity index (χ4v) is 3.93. The predicted octanol–water partition coefficient (Wildman–Crippen LogP) is 4.00. The van der Waals surface area contributed by atoms with Crippen LogP contribution in [0.2, 0.25) is 0 Å². The SMILES string of the molecule is CN1CCN(Cc2cccc(C=NNc3nc(-c4ccccc4)cs3)c2)CC1. The standard InChI is InChI=1S/C22H25N5S/c1-26-10-12-27(13-11-26)16-19-7-5-6-18(14-19)15-23-25-22-24-21(17-28-22)20-8-3-2-4-9-20/h2-9,14-15,17H,10-13,16H2,1H3,(H,24,25). The number of nitrogens with one attached hydrogen (secondary N) is 1. The molecule has 0 atom stereocenters. The number of likely N-dealkylation sites (N-methyl/N-ethyl adjacent to an activating group) is 1. The van der Waals surface area contributed by atoms with Gasteiger partial charge in [-0.1, -0.05) is 48.5 Å². The Kier molecular flexibility index (Phi) is 6.11. The first kappa shape index (κ1) is 18.8. The normalized spacial score (nSPS) is 15.9. The maximum Gasteiger partial charge on any atom is 0.203 e. The largest absolute Gasteiger partial charge is 0.304 e. The zero-order chi connectivity index (χ0) is 19.2. The number of hydrogen-bond acceptors (Lipinski definition) is 6. The molecule has 1 N–H and O–H groups in total.